The first-order chi connectivity index (χ1) is 12.5. The van der Waals surface area contributed by atoms with Gasteiger partial charge in [-0.3, -0.25) is 4.79 Å². The second-order valence-corrected chi connectivity index (χ2v) is 9.34. The molecule has 1 aliphatic heterocycles. The summed E-state index contributed by atoms with van der Waals surface area (Å²) in [6.07, 6.45) is 3.85. The maximum absolute atomic E-state index is 12.8. The fourth-order valence-electron chi connectivity index (χ4n) is 3.06. The van der Waals surface area contributed by atoms with E-state index >= 15 is 0 Å². The Morgan fingerprint density at radius 1 is 1.23 bits per heavy atom. The summed E-state index contributed by atoms with van der Waals surface area (Å²) in [6, 6.07) is 6.12. The number of nitrogens with one attached hydrogen (secondary N) is 1. The molecule has 0 radical (unpaired) electrons. The zero-order valence-electron chi connectivity index (χ0n) is 14.7. The van der Waals surface area contributed by atoms with E-state index in [1.807, 2.05) is 0 Å². The highest BCUT2D eigenvalue weighted by Crippen LogP contribution is 2.28. The van der Waals surface area contributed by atoms with Crippen molar-refractivity contribution in [3.05, 3.63) is 29.3 Å². The van der Waals surface area contributed by atoms with Gasteiger partial charge in [-0.15, -0.1) is 0 Å². The van der Waals surface area contributed by atoms with Crippen molar-refractivity contribution in [2.45, 2.75) is 30.6 Å². The van der Waals surface area contributed by atoms with Crippen molar-refractivity contribution in [2.75, 3.05) is 32.8 Å². The lowest BCUT2D eigenvalue weighted by Crippen LogP contribution is -2.45. The average Bonchev–Trinajstić information content (AvgIpc) is 3.46. The van der Waals surface area contributed by atoms with E-state index in [2.05, 4.69) is 5.32 Å². The minimum Gasteiger partial charge on any atom is -0.379 e. The quantitative estimate of drug-likeness (QED) is 0.679. The number of sulfonamides is 1. The van der Waals surface area contributed by atoms with Crippen LogP contribution in [0.3, 0.4) is 0 Å². The topological polar surface area (TPSA) is 75.7 Å². The maximum atomic E-state index is 12.8. The second kappa shape index (κ2) is 8.69. The second-order valence-electron chi connectivity index (χ2n) is 6.97. The van der Waals surface area contributed by atoms with Crippen molar-refractivity contribution in [1.29, 1.82) is 0 Å². The van der Waals surface area contributed by atoms with E-state index in [-0.39, 0.29) is 23.3 Å². The average molecular weight is 401 g/mol. The lowest BCUT2D eigenvalue weighted by atomic mass is 9.99. The molecule has 1 aromatic carbocycles. The first-order valence-corrected chi connectivity index (χ1v) is 10.9. The van der Waals surface area contributed by atoms with E-state index in [9.17, 15) is 13.2 Å². The summed E-state index contributed by atoms with van der Waals surface area (Å²) in [7, 11) is -3.61. The van der Waals surface area contributed by atoms with Gasteiger partial charge in [0.2, 0.25) is 15.9 Å². The van der Waals surface area contributed by atoms with Crippen LogP contribution in [0.25, 0.3) is 0 Å². The predicted octanol–water partition coefficient (Wildman–Crippen LogP) is 2.28. The highest BCUT2D eigenvalue weighted by atomic mass is 35.5. The molecule has 3 rings (SSSR count). The van der Waals surface area contributed by atoms with Crippen LogP contribution in [0.15, 0.2) is 29.2 Å². The van der Waals surface area contributed by atoms with Crippen molar-refractivity contribution in [3.63, 3.8) is 0 Å². The van der Waals surface area contributed by atoms with Gasteiger partial charge in [-0.1, -0.05) is 11.6 Å². The van der Waals surface area contributed by atoms with E-state index < -0.39 is 10.0 Å². The van der Waals surface area contributed by atoms with Crippen LogP contribution in [0.4, 0.5) is 0 Å². The summed E-state index contributed by atoms with van der Waals surface area (Å²) < 4.78 is 32.4. The number of hydrogen-bond donors (Lipinski definition) is 1. The molecule has 1 amide bonds. The number of carbonyl (C=O) groups excluding carboxylic acids is 1. The highest BCUT2D eigenvalue weighted by Gasteiger charge is 2.33. The molecule has 1 saturated carbocycles. The van der Waals surface area contributed by atoms with E-state index in [0.717, 1.165) is 6.61 Å². The van der Waals surface area contributed by atoms with Gasteiger partial charge in [-0.25, -0.2) is 8.42 Å². The normalized spacial score (nSPS) is 21.5. The van der Waals surface area contributed by atoms with Gasteiger partial charge in [0.1, 0.15) is 0 Å². The van der Waals surface area contributed by atoms with E-state index in [4.69, 9.17) is 16.3 Å². The van der Waals surface area contributed by atoms with Gasteiger partial charge in [0.05, 0.1) is 17.4 Å². The number of hydrogen-bond acceptors (Lipinski definition) is 4. The van der Waals surface area contributed by atoms with E-state index in [1.54, 1.807) is 12.1 Å². The third-order valence-corrected chi connectivity index (χ3v) is 6.93. The van der Waals surface area contributed by atoms with Gasteiger partial charge >= 0.3 is 0 Å². The predicted molar refractivity (Wildman–Crippen MR) is 99.5 cm³/mol. The number of halogens is 1. The monoisotopic (exact) mass is 400 g/mol. The Kier molecular flexibility index (Phi) is 6.55. The Balaban J connectivity index is 1.50. The smallest absolute Gasteiger partial charge is 0.243 e. The van der Waals surface area contributed by atoms with Crippen molar-refractivity contribution >= 4 is 27.5 Å². The van der Waals surface area contributed by atoms with Gasteiger partial charge in [0.25, 0.3) is 0 Å². The number of piperidine rings is 1. The Bertz CT molecular complexity index is 719. The molecule has 2 fully saturated rings. The van der Waals surface area contributed by atoms with Gasteiger partial charge in [-0.05, 0) is 55.9 Å². The summed E-state index contributed by atoms with van der Waals surface area (Å²) in [4.78, 5) is 12.6. The van der Waals surface area contributed by atoms with Gasteiger partial charge in [-0.2, -0.15) is 4.31 Å². The Labute approximate surface area is 159 Å². The third kappa shape index (κ3) is 5.19. The van der Waals surface area contributed by atoms with Crippen LogP contribution in [-0.2, 0) is 19.6 Å². The highest BCUT2D eigenvalue weighted by molar-refractivity contribution is 7.89. The summed E-state index contributed by atoms with van der Waals surface area (Å²) >= 11 is 5.83. The van der Waals surface area contributed by atoms with Crippen LogP contribution in [-0.4, -0.2) is 51.5 Å². The molecule has 0 spiro atoms. The summed E-state index contributed by atoms with van der Waals surface area (Å²) in [5, 5.41) is 3.35. The van der Waals surface area contributed by atoms with Crippen LogP contribution in [0.5, 0.6) is 0 Å². The number of rotatable bonds is 8. The van der Waals surface area contributed by atoms with Crippen LogP contribution in [0.1, 0.15) is 25.7 Å². The molecule has 1 aliphatic carbocycles. The molecule has 1 heterocycles. The van der Waals surface area contributed by atoms with Crippen LogP contribution in [0.2, 0.25) is 5.02 Å². The molecule has 2 aliphatic rings. The zero-order valence-corrected chi connectivity index (χ0v) is 16.3. The Hall–Kier alpha value is -1.15. The summed E-state index contributed by atoms with van der Waals surface area (Å²) in [6.45, 7) is 2.37. The molecule has 1 saturated heterocycles. The van der Waals surface area contributed by atoms with Crippen molar-refractivity contribution in [2.24, 2.45) is 11.8 Å². The number of amides is 1. The lowest BCUT2D eigenvalue weighted by Gasteiger charge is -2.31. The number of ether oxygens (including phenoxy) is 1. The molecule has 1 atom stereocenters. The van der Waals surface area contributed by atoms with Crippen molar-refractivity contribution < 1.29 is 17.9 Å². The molecule has 8 heteroatoms. The molecular weight excluding hydrogens is 376 g/mol. The number of benzene rings is 1. The minimum absolute atomic E-state index is 0.101. The number of nitrogens with zero attached hydrogens (tertiary/aromatic N) is 1. The third-order valence-electron chi connectivity index (χ3n) is 4.80. The largest absolute Gasteiger partial charge is 0.379 e. The first-order valence-electron chi connectivity index (χ1n) is 9.08. The molecular formula is C18H25ClN2O4S. The maximum Gasteiger partial charge on any atom is 0.243 e. The standard InChI is InChI=1S/C18H25ClN2O4S/c19-16-5-7-17(8-6-16)26(23,24)21-10-1-2-15(12-21)18(22)20-9-11-25-13-14-3-4-14/h5-8,14-15H,1-4,9-13H2,(H,20,22). The summed E-state index contributed by atoms with van der Waals surface area (Å²) in [5.74, 6) is 0.279. The van der Waals surface area contributed by atoms with Gasteiger partial charge in [0, 0.05) is 31.3 Å². The molecule has 1 aromatic rings. The van der Waals surface area contributed by atoms with Crippen LogP contribution in [0, 0.1) is 11.8 Å². The number of carbonyl (C=O) groups is 1. The SMILES string of the molecule is O=C(NCCOCC1CC1)C1CCCN(S(=O)(=O)c2ccc(Cl)cc2)C1. The van der Waals surface area contributed by atoms with Crippen molar-refractivity contribution in [3.8, 4) is 0 Å². The van der Waals surface area contributed by atoms with E-state index in [0.29, 0.717) is 43.5 Å². The minimum atomic E-state index is -3.61. The fraction of sp³-hybridized carbons (Fsp3) is 0.611. The van der Waals surface area contributed by atoms with Crippen molar-refractivity contribution in [1.82, 2.24) is 9.62 Å². The lowest BCUT2D eigenvalue weighted by molar-refractivity contribution is -0.126. The van der Waals surface area contributed by atoms with Crippen LogP contribution >= 0.6 is 11.6 Å². The zero-order chi connectivity index (χ0) is 18.6. The Morgan fingerprint density at radius 2 is 1.96 bits per heavy atom. The molecule has 6 nitrogen and oxygen atoms in total. The van der Waals surface area contributed by atoms with Gasteiger partial charge < -0.3 is 10.1 Å². The molecule has 1 N–H and O–H groups in total. The fourth-order valence-corrected chi connectivity index (χ4v) is 4.71. The molecule has 144 valence electrons. The molecule has 0 aromatic heterocycles. The Morgan fingerprint density at radius 3 is 2.65 bits per heavy atom. The van der Waals surface area contributed by atoms with Gasteiger partial charge in [0.15, 0.2) is 0 Å². The first kappa shape index (κ1) is 19.6. The van der Waals surface area contributed by atoms with Crippen LogP contribution < -0.4 is 5.32 Å². The molecule has 0 bridgehead atoms. The molecule has 26 heavy (non-hydrogen) atoms. The van der Waals surface area contributed by atoms with E-state index in [1.165, 1.54) is 29.3 Å². The summed E-state index contributed by atoms with van der Waals surface area (Å²) in [5.41, 5.74) is 0. The molecule has 1 unspecified atom stereocenters.